The van der Waals surface area contributed by atoms with E-state index >= 15 is 0 Å². The summed E-state index contributed by atoms with van der Waals surface area (Å²) in [5.74, 6) is 1.91. The fourth-order valence-corrected chi connectivity index (χ4v) is 2.87. The van der Waals surface area contributed by atoms with Crippen LogP contribution in [-0.2, 0) is 4.79 Å². The molecule has 0 radical (unpaired) electrons. The van der Waals surface area contributed by atoms with Gasteiger partial charge in [0, 0.05) is 11.8 Å². The molecule has 4 atom stereocenters. The van der Waals surface area contributed by atoms with Crippen LogP contribution in [0.3, 0.4) is 0 Å². The van der Waals surface area contributed by atoms with Gasteiger partial charge in [0.05, 0.1) is 0 Å². The first-order valence-electron chi connectivity index (χ1n) is 6.05. The van der Waals surface area contributed by atoms with Gasteiger partial charge in [0.2, 0.25) is 0 Å². The van der Waals surface area contributed by atoms with Crippen molar-refractivity contribution in [3.05, 3.63) is 18.4 Å². The Hall–Kier alpha value is -0.810. The first-order valence-corrected chi connectivity index (χ1v) is 6.05. The van der Waals surface area contributed by atoms with Gasteiger partial charge in [0.15, 0.2) is 0 Å². The summed E-state index contributed by atoms with van der Waals surface area (Å²) in [4.78, 5) is 12.2. The number of rotatable bonds is 3. The molecule has 1 heteroatoms. The van der Waals surface area contributed by atoms with Crippen molar-refractivity contribution in [2.45, 2.75) is 40.0 Å². The number of ketones is 1. The molecule has 0 aromatic rings. The molecule has 4 unspecified atom stereocenters. The average Bonchev–Trinajstić information content (AvgIpc) is 2.23. The number of allylic oxidation sites excluding steroid dienone is 1. The minimum absolute atomic E-state index is 0.202. The van der Waals surface area contributed by atoms with Crippen LogP contribution in [0.2, 0.25) is 0 Å². The average molecular weight is 206 g/mol. The number of carbonyl (C=O) groups is 1. The molecular formula is C14H22O. The van der Waals surface area contributed by atoms with Gasteiger partial charge in [-0.05, 0) is 37.2 Å². The first kappa shape index (κ1) is 12.3. The molecule has 1 fully saturated rings. The van der Waals surface area contributed by atoms with Gasteiger partial charge < -0.3 is 0 Å². The molecule has 0 spiro atoms. The van der Waals surface area contributed by atoms with Crippen molar-refractivity contribution in [2.24, 2.45) is 23.7 Å². The Bertz CT molecular complexity index is 273. The van der Waals surface area contributed by atoms with Crippen molar-refractivity contribution >= 4 is 5.78 Å². The molecule has 0 aromatic heterocycles. The van der Waals surface area contributed by atoms with E-state index in [9.17, 15) is 4.79 Å². The van der Waals surface area contributed by atoms with Crippen LogP contribution in [0.15, 0.2) is 18.4 Å². The summed E-state index contributed by atoms with van der Waals surface area (Å²) in [7, 11) is 0. The van der Waals surface area contributed by atoms with Crippen molar-refractivity contribution < 1.29 is 4.79 Å². The maximum absolute atomic E-state index is 12.2. The summed E-state index contributed by atoms with van der Waals surface area (Å²) >= 11 is 0. The molecule has 1 aliphatic carbocycles. The van der Waals surface area contributed by atoms with Crippen molar-refractivity contribution in [2.75, 3.05) is 0 Å². The first-order chi connectivity index (χ1) is 7.15. The molecule has 0 saturated heterocycles. The number of hydrogen-bond donors (Lipinski definition) is 0. The molecule has 1 nitrogen and oxygen atoms in total. The summed E-state index contributed by atoms with van der Waals surface area (Å²) in [5.41, 5.74) is 2.86. The molecule has 15 heavy (non-hydrogen) atoms. The fraction of sp³-hybridized carbons (Fsp3) is 0.714. The van der Waals surface area contributed by atoms with E-state index in [4.69, 9.17) is 0 Å². The molecule has 0 aliphatic heterocycles. The Labute approximate surface area is 93.3 Å². The Morgan fingerprint density at radius 3 is 2.60 bits per heavy atom. The van der Waals surface area contributed by atoms with Crippen LogP contribution in [-0.4, -0.2) is 5.78 Å². The third kappa shape index (κ3) is 2.41. The van der Waals surface area contributed by atoms with E-state index in [2.05, 4.69) is 33.1 Å². The second-order valence-electron chi connectivity index (χ2n) is 4.68. The van der Waals surface area contributed by atoms with Crippen LogP contribution in [0, 0.1) is 23.7 Å². The van der Waals surface area contributed by atoms with Gasteiger partial charge in [-0.1, -0.05) is 27.4 Å². The van der Waals surface area contributed by atoms with Crippen LogP contribution >= 0.6 is 0 Å². The second-order valence-corrected chi connectivity index (χ2v) is 4.68. The van der Waals surface area contributed by atoms with Crippen LogP contribution < -0.4 is 0 Å². The van der Waals surface area contributed by atoms with Crippen molar-refractivity contribution in [3.63, 3.8) is 0 Å². The molecule has 84 valence electrons. The van der Waals surface area contributed by atoms with Gasteiger partial charge in [-0.15, -0.1) is 5.73 Å². The zero-order valence-corrected chi connectivity index (χ0v) is 10.1. The minimum atomic E-state index is 0.202. The number of Topliss-reactive ketones (excluding diaryl/α,β-unsaturated/α-hetero) is 1. The highest BCUT2D eigenvalue weighted by Crippen LogP contribution is 2.39. The summed E-state index contributed by atoms with van der Waals surface area (Å²) < 4.78 is 0. The lowest BCUT2D eigenvalue weighted by Crippen LogP contribution is -2.38. The van der Waals surface area contributed by atoms with Crippen LogP contribution in [0.1, 0.15) is 40.0 Å². The molecule has 0 heterocycles. The van der Waals surface area contributed by atoms with E-state index in [1.54, 1.807) is 0 Å². The van der Waals surface area contributed by atoms with E-state index in [-0.39, 0.29) is 5.92 Å². The highest BCUT2D eigenvalue weighted by Gasteiger charge is 2.38. The Morgan fingerprint density at radius 1 is 1.47 bits per heavy atom. The number of carbonyl (C=O) groups excluding carboxylic acids is 1. The lowest BCUT2D eigenvalue weighted by molar-refractivity contribution is -0.132. The zero-order chi connectivity index (χ0) is 11.4. The predicted molar refractivity (Wildman–Crippen MR) is 63.6 cm³/mol. The highest BCUT2D eigenvalue weighted by atomic mass is 16.1. The van der Waals surface area contributed by atoms with Crippen LogP contribution in [0.25, 0.3) is 0 Å². The molecule has 0 bridgehead atoms. The van der Waals surface area contributed by atoms with Gasteiger partial charge >= 0.3 is 0 Å². The zero-order valence-electron chi connectivity index (χ0n) is 10.1. The summed E-state index contributed by atoms with van der Waals surface area (Å²) in [6.45, 7) is 10.1. The van der Waals surface area contributed by atoms with Crippen molar-refractivity contribution in [1.29, 1.82) is 0 Å². The predicted octanol–water partition coefficient (Wildman–Crippen LogP) is 3.61. The van der Waals surface area contributed by atoms with E-state index in [0.29, 0.717) is 23.5 Å². The molecule has 1 aliphatic rings. The molecule has 0 amide bonds. The second kappa shape index (κ2) is 5.32. The smallest absolute Gasteiger partial charge is 0.139 e. The van der Waals surface area contributed by atoms with Gasteiger partial charge in [0.25, 0.3) is 0 Å². The van der Waals surface area contributed by atoms with Crippen LogP contribution in [0.4, 0.5) is 0 Å². The molecule has 0 aromatic carbocycles. The molecular weight excluding hydrogens is 184 g/mol. The van der Waals surface area contributed by atoms with Crippen molar-refractivity contribution in [3.8, 4) is 0 Å². The Balaban J connectivity index is 2.91. The quantitative estimate of drug-likeness (QED) is 0.645. The van der Waals surface area contributed by atoms with Gasteiger partial charge in [-0.2, -0.15) is 0 Å². The maximum Gasteiger partial charge on any atom is 0.139 e. The van der Waals surface area contributed by atoms with E-state index in [1.165, 1.54) is 0 Å². The molecule has 1 saturated carbocycles. The maximum atomic E-state index is 12.2. The van der Waals surface area contributed by atoms with E-state index in [0.717, 1.165) is 19.3 Å². The third-order valence-corrected chi connectivity index (χ3v) is 3.79. The summed E-state index contributed by atoms with van der Waals surface area (Å²) in [6.07, 6.45) is 4.98. The highest BCUT2D eigenvalue weighted by molar-refractivity contribution is 5.84. The van der Waals surface area contributed by atoms with Gasteiger partial charge in [0.1, 0.15) is 5.78 Å². The standard InChI is InChI=1S/C14H22O/c1-5-8-13-10(4)9-11(6-2)14(15)12(13)7-3/h8,10-13H,1,6-7,9H2,2-4H3. The topological polar surface area (TPSA) is 17.1 Å². The largest absolute Gasteiger partial charge is 0.299 e. The monoisotopic (exact) mass is 206 g/mol. The van der Waals surface area contributed by atoms with Crippen molar-refractivity contribution in [1.82, 2.24) is 0 Å². The normalized spacial score (nSPS) is 36.1. The Kier molecular flexibility index (Phi) is 4.35. The lowest BCUT2D eigenvalue weighted by atomic mass is 9.66. The fourth-order valence-electron chi connectivity index (χ4n) is 2.87. The Morgan fingerprint density at radius 2 is 2.13 bits per heavy atom. The van der Waals surface area contributed by atoms with E-state index in [1.807, 2.05) is 6.08 Å². The van der Waals surface area contributed by atoms with E-state index < -0.39 is 0 Å². The lowest BCUT2D eigenvalue weighted by Gasteiger charge is -2.37. The molecule has 0 N–H and O–H groups in total. The summed E-state index contributed by atoms with van der Waals surface area (Å²) in [6, 6.07) is 0. The van der Waals surface area contributed by atoms with Gasteiger partial charge in [-0.3, -0.25) is 4.79 Å². The SMILES string of the molecule is C=C=CC1C(C)CC(CC)C(=O)C1CC. The van der Waals surface area contributed by atoms with Crippen LogP contribution in [0.5, 0.6) is 0 Å². The third-order valence-electron chi connectivity index (χ3n) is 3.79. The summed E-state index contributed by atoms with van der Waals surface area (Å²) in [5, 5.41) is 0. The minimum Gasteiger partial charge on any atom is -0.299 e. The van der Waals surface area contributed by atoms with Gasteiger partial charge in [-0.25, -0.2) is 0 Å². The molecule has 1 rings (SSSR count). The number of hydrogen-bond acceptors (Lipinski definition) is 1.